The number of amides is 10. The lowest BCUT2D eigenvalue weighted by Gasteiger charge is -2.29. The standard InChI is InChI=1S/C68H112N16O12/c1-9-42(6)57(67(94)76-44(8)58(85)77-50(27-15-19-31-69)61(88)75-43(7)59(86)83-56(68(95)96)36-41(4)5)84-64(91)53(30-18-22-34-72)79-62(89)52(29-17-21-33-71)80-65(92)54(35-40(2)3)81-66(93)55(37-45-23-11-10-12-24-45)82-63(90)51(28-16-20-32-70)78-60(87)48(73)38-46-39-74-49-26-14-13-25-47(46)49/h10-14,23-26,39-44,48,50-57,74H,9,15-22,27-38,69-73H2,1-8H3,(H,75,88)(H,76,94)(H,77,85)(H,78,87)(H,79,89)(H,80,92)(H,81,93)(H,82,90)(H,83,86)(H,84,91)(H,95,96)/t42-,43-,44-,48-,50-,51-,52-,53-,54-,55-,56-,57-/m0/s1. The monoisotopic (exact) mass is 1340 g/mol. The fourth-order valence-electron chi connectivity index (χ4n) is 10.8. The van der Waals surface area contributed by atoms with Gasteiger partial charge >= 0.3 is 5.97 Å². The van der Waals surface area contributed by atoms with Gasteiger partial charge in [-0.15, -0.1) is 0 Å². The van der Waals surface area contributed by atoms with E-state index in [4.69, 9.17) is 28.7 Å². The number of rotatable bonds is 47. The molecule has 0 unspecified atom stereocenters. The Balaban J connectivity index is 1.87. The summed E-state index contributed by atoms with van der Waals surface area (Å²) in [6.07, 6.45) is 6.57. The van der Waals surface area contributed by atoms with Gasteiger partial charge < -0.3 is 91.9 Å². The van der Waals surface area contributed by atoms with Gasteiger partial charge in [-0.25, -0.2) is 4.79 Å². The molecule has 1 aromatic heterocycles. The van der Waals surface area contributed by atoms with E-state index in [1.807, 2.05) is 38.1 Å². The highest BCUT2D eigenvalue weighted by molar-refractivity contribution is 5.99. The first-order valence-corrected chi connectivity index (χ1v) is 34.1. The van der Waals surface area contributed by atoms with Crippen molar-refractivity contribution in [2.75, 3.05) is 26.2 Å². The van der Waals surface area contributed by atoms with Gasteiger partial charge in [-0.2, -0.15) is 0 Å². The number of carbonyl (C=O) groups excluding carboxylic acids is 10. The third kappa shape index (κ3) is 29.1. The van der Waals surface area contributed by atoms with Crippen LogP contribution in [0.1, 0.15) is 163 Å². The molecule has 10 amide bonds. The zero-order chi connectivity index (χ0) is 71.4. The Morgan fingerprint density at radius 3 is 1.26 bits per heavy atom. The van der Waals surface area contributed by atoms with Crippen molar-refractivity contribution in [1.29, 1.82) is 0 Å². The minimum absolute atomic E-state index is 0.0110. The maximum atomic E-state index is 14.7. The molecule has 0 spiro atoms. The first kappa shape index (κ1) is 82.2. The van der Waals surface area contributed by atoms with Crippen LogP contribution >= 0.6 is 0 Å². The SMILES string of the molecule is CC[C@H](C)[C@H](NC(=O)[C@H](CCCCN)NC(=O)[C@H](CCCCN)NC(=O)[C@H](CC(C)C)NC(=O)[C@H](Cc1ccccc1)NC(=O)[C@H](CCCCN)NC(=O)[C@@H](N)Cc1c[nH]c2ccccc12)C(=O)N[C@@H](C)C(=O)N[C@@H](CCCCN)C(=O)N[C@@H](C)C(=O)N[C@@H](CC(C)C)C(=O)O. The topological polar surface area (TPSA) is 474 Å². The molecule has 0 bridgehead atoms. The van der Waals surface area contributed by atoms with Crippen LogP contribution in [0.15, 0.2) is 60.8 Å². The minimum atomic E-state index is -1.27. The fourth-order valence-corrected chi connectivity index (χ4v) is 10.8. The molecule has 0 aliphatic heterocycles. The molecular weight excluding hydrogens is 1230 g/mol. The molecule has 0 radical (unpaired) electrons. The highest BCUT2D eigenvalue weighted by Crippen LogP contribution is 2.20. The molecular formula is C68H112N16O12. The predicted octanol–water partition coefficient (Wildman–Crippen LogP) is 0.907. The second-order valence-electron chi connectivity index (χ2n) is 25.9. The van der Waals surface area contributed by atoms with Crippen LogP contribution in [0.25, 0.3) is 10.9 Å². The molecule has 3 aromatic rings. The average molecular weight is 1350 g/mol. The van der Waals surface area contributed by atoms with Crippen molar-refractivity contribution in [2.45, 2.75) is 231 Å². The van der Waals surface area contributed by atoms with E-state index >= 15 is 0 Å². The third-order valence-corrected chi connectivity index (χ3v) is 16.6. The quantitative estimate of drug-likeness (QED) is 0.0349. The summed E-state index contributed by atoms with van der Waals surface area (Å²) < 4.78 is 0. The molecule has 96 heavy (non-hydrogen) atoms. The number of hydrogen-bond acceptors (Lipinski definition) is 16. The van der Waals surface area contributed by atoms with Crippen molar-refractivity contribution in [3.63, 3.8) is 0 Å². The van der Waals surface area contributed by atoms with Gasteiger partial charge in [0.15, 0.2) is 0 Å². The first-order valence-electron chi connectivity index (χ1n) is 34.1. The number of nitrogens with two attached hydrogens (primary N) is 5. The van der Waals surface area contributed by atoms with Crippen LogP contribution in [0, 0.1) is 17.8 Å². The Bertz CT molecular complexity index is 2950. The van der Waals surface area contributed by atoms with Crippen molar-refractivity contribution in [2.24, 2.45) is 46.4 Å². The Hall–Kier alpha value is -8.05. The second-order valence-corrected chi connectivity index (χ2v) is 25.9. The first-order chi connectivity index (χ1) is 45.7. The highest BCUT2D eigenvalue weighted by atomic mass is 16.4. The molecule has 0 aliphatic rings. The maximum Gasteiger partial charge on any atom is 0.326 e. The molecule has 0 fully saturated rings. The Morgan fingerprint density at radius 2 is 0.792 bits per heavy atom. The van der Waals surface area contributed by atoms with Crippen LogP contribution in [-0.4, -0.2) is 168 Å². The number of aromatic nitrogens is 1. The van der Waals surface area contributed by atoms with E-state index < -0.39 is 137 Å². The van der Waals surface area contributed by atoms with Gasteiger partial charge in [0.1, 0.15) is 60.4 Å². The lowest BCUT2D eigenvalue weighted by molar-refractivity contribution is -0.142. The number of hydrogen-bond donors (Lipinski definition) is 17. The van der Waals surface area contributed by atoms with Gasteiger partial charge in [0.25, 0.3) is 0 Å². The summed E-state index contributed by atoms with van der Waals surface area (Å²) >= 11 is 0. The zero-order valence-electron chi connectivity index (χ0n) is 57.5. The van der Waals surface area contributed by atoms with E-state index in [0.717, 1.165) is 16.5 Å². The minimum Gasteiger partial charge on any atom is -0.480 e. The van der Waals surface area contributed by atoms with Crippen LogP contribution in [0.2, 0.25) is 0 Å². The summed E-state index contributed by atoms with van der Waals surface area (Å²) in [5, 5.41) is 37.8. The van der Waals surface area contributed by atoms with Crippen LogP contribution in [-0.2, 0) is 65.6 Å². The van der Waals surface area contributed by atoms with E-state index in [-0.39, 0.29) is 76.3 Å². The van der Waals surface area contributed by atoms with Crippen LogP contribution < -0.4 is 81.8 Å². The Kier molecular flexibility index (Phi) is 37.6. The lowest BCUT2D eigenvalue weighted by atomic mass is 9.97. The smallest absolute Gasteiger partial charge is 0.326 e. The fraction of sp³-hybridized carbons (Fsp3) is 0.632. The van der Waals surface area contributed by atoms with Gasteiger partial charge in [-0.1, -0.05) is 96.5 Å². The summed E-state index contributed by atoms with van der Waals surface area (Å²) in [4.78, 5) is 156. The molecule has 22 N–H and O–H groups in total. The number of benzene rings is 2. The number of unbranched alkanes of at least 4 members (excludes halogenated alkanes) is 4. The number of carbonyl (C=O) groups is 11. The van der Waals surface area contributed by atoms with Crippen molar-refractivity contribution < 1.29 is 57.8 Å². The number of H-pyrrole nitrogens is 1. The Morgan fingerprint density at radius 1 is 0.417 bits per heavy atom. The highest BCUT2D eigenvalue weighted by Gasteiger charge is 2.37. The number of nitrogens with one attached hydrogen (secondary N) is 11. The van der Waals surface area contributed by atoms with Crippen molar-refractivity contribution in [3.8, 4) is 0 Å². The van der Waals surface area contributed by atoms with Crippen molar-refractivity contribution in [1.82, 2.24) is 58.2 Å². The summed E-state index contributed by atoms with van der Waals surface area (Å²) in [6, 6.07) is 3.20. The van der Waals surface area contributed by atoms with Crippen LogP contribution in [0.5, 0.6) is 0 Å². The maximum absolute atomic E-state index is 14.7. The molecule has 536 valence electrons. The number of carboxylic acid groups (broad SMARTS) is 1. The van der Waals surface area contributed by atoms with E-state index in [0.29, 0.717) is 76.4 Å². The molecule has 2 aromatic carbocycles. The van der Waals surface area contributed by atoms with Gasteiger partial charge in [0.2, 0.25) is 59.1 Å². The molecule has 28 nitrogen and oxygen atoms in total. The summed E-state index contributed by atoms with van der Waals surface area (Å²) in [7, 11) is 0. The number of aromatic amines is 1. The van der Waals surface area contributed by atoms with Gasteiger partial charge in [0, 0.05) is 23.5 Å². The Labute approximate surface area is 565 Å². The van der Waals surface area contributed by atoms with E-state index in [1.165, 1.54) is 13.8 Å². The van der Waals surface area contributed by atoms with Crippen molar-refractivity contribution >= 4 is 75.9 Å². The summed E-state index contributed by atoms with van der Waals surface area (Å²) in [5.41, 5.74) is 32.1. The van der Waals surface area contributed by atoms with E-state index in [1.54, 1.807) is 64.2 Å². The number of para-hydroxylation sites is 1. The lowest BCUT2D eigenvalue weighted by Crippen LogP contribution is -2.61. The summed E-state index contributed by atoms with van der Waals surface area (Å²) in [6.45, 7) is 14.7. The number of carboxylic acids is 1. The molecule has 28 heteroatoms. The molecule has 0 aliphatic carbocycles. The molecule has 1 heterocycles. The third-order valence-electron chi connectivity index (χ3n) is 16.6. The van der Waals surface area contributed by atoms with Gasteiger partial charge in [-0.3, -0.25) is 47.9 Å². The average Bonchev–Trinajstić information content (AvgIpc) is 1.65. The molecule has 0 saturated heterocycles. The largest absolute Gasteiger partial charge is 0.480 e. The van der Waals surface area contributed by atoms with Crippen LogP contribution in [0.3, 0.4) is 0 Å². The number of fused-ring (bicyclic) bond motifs is 1. The van der Waals surface area contributed by atoms with Crippen LogP contribution in [0.4, 0.5) is 0 Å². The predicted molar refractivity (Wildman–Crippen MR) is 368 cm³/mol. The van der Waals surface area contributed by atoms with Crippen molar-refractivity contribution in [3.05, 3.63) is 71.9 Å². The zero-order valence-corrected chi connectivity index (χ0v) is 57.5. The van der Waals surface area contributed by atoms with E-state index in [9.17, 15) is 57.8 Å². The molecule has 12 atom stereocenters. The second kappa shape index (κ2) is 43.9. The normalized spacial score (nSPS) is 15.2. The van der Waals surface area contributed by atoms with Gasteiger partial charge in [-0.05, 0) is 171 Å². The molecule has 3 rings (SSSR count). The van der Waals surface area contributed by atoms with Gasteiger partial charge in [0.05, 0.1) is 6.04 Å². The molecule has 0 saturated carbocycles. The summed E-state index contributed by atoms with van der Waals surface area (Å²) in [5.74, 6) is -9.17. The number of aliphatic carboxylic acids is 1. The van der Waals surface area contributed by atoms with E-state index in [2.05, 4.69) is 58.2 Å².